The van der Waals surface area contributed by atoms with E-state index in [-0.39, 0.29) is 11.6 Å². The molecule has 1 aliphatic rings. The van der Waals surface area contributed by atoms with Gasteiger partial charge in [-0.15, -0.1) is 0 Å². The van der Waals surface area contributed by atoms with Crippen LogP contribution in [0, 0.1) is 0 Å². The quantitative estimate of drug-likeness (QED) is 0.655. The molecule has 0 atom stereocenters. The van der Waals surface area contributed by atoms with Crippen molar-refractivity contribution in [2.24, 2.45) is 0 Å². The molecule has 20 heavy (non-hydrogen) atoms. The van der Waals surface area contributed by atoms with Gasteiger partial charge in [-0.25, -0.2) is 4.79 Å². The summed E-state index contributed by atoms with van der Waals surface area (Å²) in [5.41, 5.74) is 2.02. The Morgan fingerprint density at radius 1 is 0.650 bits per heavy atom. The Morgan fingerprint density at radius 3 is 1.05 bits per heavy atom. The first-order valence-corrected chi connectivity index (χ1v) is 5.71. The molecular weight excluding hydrogens is 260 g/mol. The van der Waals surface area contributed by atoms with Gasteiger partial charge in [0.25, 0.3) is 0 Å². The molecule has 1 aliphatic carbocycles. The Kier molecular flexibility index (Phi) is 3.61. The number of benzene rings is 2. The van der Waals surface area contributed by atoms with Crippen LogP contribution in [0.15, 0.2) is 48.5 Å². The molecule has 0 fully saturated rings. The lowest BCUT2D eigenvalue weighted by molar-refractivity contribution is 0.0979. The van der Waals surface area contributed by atoms with Crippen molar-refractivity contribution >= 4 is 17.7 Å². The van der Waals surface area contributed by atoms with Crippen LogP contribution in [0.5, 0.6) is 0 Å². The van der Waals surface area contributed by atoms with Crippen molar-refractivity contribution in [3.8, 4) is 0 Å². The van der Waals surface area contributed by atoms with Crippen molar-refractivity contribution < 1.29 is 24.6 Å². The highest BCUT2D eigenvalue weighted by atomic mass is 16.6. The van der Waals surface area contributed by atoms with Gasteiger partial charge in [0.15, 0.2) is 11.6 Å². The van der Waals surface area contributed by atoms with Gasteiger partial charge >= 0.3 is 6.16 Å². The van der Waals surface area contributed by atoms with E-state index >= 15 is 0 Å². The van der Waals surface area contributed by atoms with E-state index in [1.54, 1.807) is 48.5 Å². The molecule has 5 heteroatoms. The molecule has 0 bridgehead atoms. The number of fused-ring (bicyclic) bond motifs is 2. The molecule has 0 amide bonds. The lowest BCUT2D eigenvalue weighted by atomic mass is 9.84. The normalized spacial score (nSPS) is 11.8. The summed E-state index contributed by atoms with van der Waals surface area (Å²) in [7, 11) is 0. The number of carbonyl (C=O) groups is 3. The van der Waals surface area contributed by atoms with Crippen molar-refractivity contribution in [2.45, 2.75) is 0 Å². The van der Waals surface area contributed by atoms with Crippen LogP contribution < -0.4 is 0 Å². The lowest BCUT2D eigenvalue weighted by Gasteiger charge is -2.16. The number of ketones is 2. The van der Waals surface area contributed by atoms with Crippen LogP contribution in [0.1, 0.15) is 31.8 Å². The van der Waals surface area contributed by atoms with Crippen molar-refractivity contribution in [1.82, 2.24) is 0 Å². The summed E-state index contributed by atoms with van der Waals surface area (Å²) in [5.74, 6) is -0.128. The van der Waals surface area contributed by atoms with Gasteiger partial charge in [0.1, 0.15) is 0 Å². The molecular formula is C15H10O5. The predicted octanol–water partition coefficient (Wildman–Crippen LogP) is 2.68. The maximum Gasteiger partial charge on any atom is 0.503 e. The minimum absolute atomic E-state index is 0.0641. The molecule has 0 saturated heterocycles. The molecule has 0 unspecified atom stereocenters. The van der Waals surface area contributed by atoms with Crippen molar-refractivity contribution in [3.05, 3.63) is 70.8 Å². The number of hydrogen-bond donors (Lipinski definition) is 2. The zero-order valence-corrected chi connectivity index (χ0v) is 10.2. The van der Waals surface area contributed by atoms with Crippen molar-refractivity contribution in [2.75, 3.05) is 0 Å². The van der Waals surface area contributed by atoms with Crippen LogP contribution in [0.2, 0.25) is 0 Å². The SMILES string of the molecule is O=C(O)O.O=C1c2ccccc2C(=O)c2ccccc21. The van der Waals surface area contributed by atoms with Gasteiger partial charge in [-0.2, -0.15) is 0 Å². The summed E-state index contributed by atoms with van der Waals surface area (Å²) in [6, 6.07) is 13.9. The first-order valence-electron chi connectivity index (χ1n) is 5.71. The summed E-state index contributed by atoms with van der Waals surface area (Å²) in [5, 5.41) is 13.9. The van der Waals surface area contributed by atoms with Gasteiger partial charge in [0.05, 0.1) is 0 Å². The zero-order valence-electron chi connectivity index (χ0n) is 10.2. The summed E-state index contributed by atoms with van der Waals surface area (Å²) >= 11 is 0. The highest BCUT2D eigenvalue weighted by Crippen LogP contribution is 2.26. The lowest BCUT2D eigenvalue weighted by Crippen LogP contribution is -2.20. The number of carbonyl (C=O) groups excluding carboxylic acids is 2. The van der Waals surface area contributed by atoms with E-state index in [2.05, 4.69) is 0 Å². The fourth-order valence-corrected chi connectivity index (χ4v) is 2.05. The molecule has 0 aliphatic heterocycles. The largest absolute Gasteiger partial charge is 0.503 e. The Hall–Kier alpha value is -2.95. The van der Waals surface area contributed by atoms with Crippen LogP contribution in [-0.4, -0.2) is 27.9 Å². The molecule has 3 rings (SSSR count). The molecule has 0 heterocycles. The maximum atomic E-state index is 12.1. The van der Waals surface area contributed by atoms with Gasteiger partial charge < -0.3 is 10.2 Å². The van der Waals surface area contributed by atoms with E-state index in [0.29, 0.717) is 22.3 Å². The fourth-order valence-electron chi connectivity index (χ4n) is 2.05. The number of rotatable bonds is 0. The second-order valence-electron chi connectivity index (χ2n) is 4.03. The third-order valence-electron chi connectivity index (χ3n) is 2.83. The smallest absolute Gasteiger partial charge is 0.450 e. The second kappa shape index (κ2) is 5.36. The summed E-state index contributed by atoms with van der Waals surface area (Å²) in [6.45, 7) is 0. The van der Waals surface area contributed by atoms with Gasteiger partial charge in [-0.3, -0.25) is 9.59 Å². The summed E-state index contributed by atoms with van der Waals surface area (Å²) in [6.07, 6.45) is -1.83. The topological polar surface area (TPSA) is 91.7 Å². The van der Waals surface area contributed by atoms with Crippen molar-refractivity contribution in [3.63, 3.8) is 0 Å². The predicted molar refractivity (Wildman–Crippen MR) is 70.4 cm³/mol. The fraction of sp³-hybridized carbons (Fsp3) is 0. The Balaban J connectivity index is 0.000000328. The molecule has 2 aromatic rings. The first-order chi connectivity index (χ1) is 9.52. The molecule has 2 aromatic carbocycles. The number of hydrogen-bond acceptors (Lipinski definition) is 3. The molecule has 0 spiro atoms. The Morgan fingerprint density at radius 2 is 0.850 bits per heavy atom. The van der Waals surface area contributed by atoms with E-state index in [4.69, 9.17) is 15.0 Å². The van der Waals surface area contributed by atoms with Gasteiger partial charge in [0.2, 0.25) is 0 Å². The van der Waals surface area contributed by atoms with Crippen LogP contribution in [0.4, 0.5) is 4.79 Å². The maximum absolute atomic E-state index is 12.1. The van der Waals surface area contributed by atoms with Crippen LogP contribution in [0.25, 0.3) is 0 Å². The summed E-state index contributed by atoms with van der Waals surface area (Å²) in [4.78, 5) is 32.8. The molecule has 0 radical (unpaired) electrons. The Labute approximate surface area is 114 Å². The van der Waals surface area contributed by atoms with E-state index in [1.807, 2.05) is 0 Å². The summed E-state index contributed by atoms with van der Waals surface area (Å²) < 4.78 is 0. The van der Waals surface area contributed by atoms with Gasteiger partial charge in [-0.1, -0.05) is 48.5 Å². The minimum atomic E-state index is -1.83. The molecule has 2 N–H and O–H groups in total. The molecule has 100 valence electrons. The Bertz CT molecular complexity index is 593. The van der Waals surface area contributed by atoms with E-state index in [0.717, 1.165) is 0 Å². The third-order valence-corrected chi connectivity index (χ3v) is 2.83. The molecule has 5 nitrogen and oxygen atoms in total. The van der Waals surface area contributed by atoms with Gasteiger partial charge in [-0.05, 0) is 0 Å². The standard InChI is InChI=1S/C14H8O2.CH2O3/c15-13-9-5-1-2-6-10(9)14(16)12-8-4-3-7-11(12)13;2-1(3)4/h1-8H;(H2,2,3,4). The van der Waals surface area contributed by atoms with E-state index in [9.17, 15) is 9.59 Å². The van der Waals surface area contributed by atoms with Crippen LogP contribution in [0.3, 0.4) is 0 Å². The highest BCUT2D eigenvalue weighted by Gasteiger charge is 2.28. The number of carboxylic acid groups (broad SMARTS) is 2. The van der Waals surface area contributed by atoms with Gasteiger partial charge in [0, 0.05) is 22.3 Å². The monoisotopic (exact) mass is 270 g/mol. The van der Waals surface area contributed by atoms with Crippen LogP contribution >= 0.6 is 0 Å². The minimum Gasteiger partial charge on any atom is -0.450 e. The van der Waals surface area contributed by atoms with E-state index in [1.165, 1.54) is 0 Å². The third kappa shape index (κ3) is 2.42. The van der Waals surface area contributed by atoms with Crippen LogP contribution in [-0.2, 0) is 0 Å². The average molecular weight is 270 g/mol. The first kappa shape index (κ1) is 13.5. The molecule has 0 aromatic heterocycles. The molecule has 0 saturated carbocycles. The highest BCUT2D eigenvalue weighted by molar-refractivity contribution is 6.28. The average Bonchev–Trinajstić information content (AvgIpc) is 2.44. The zero-order chi connectivity index (χ0) is 14.7. The second-order valence-corrected chi connectivity index (χ2v) is 4.03. The van der Waals surface area contributed by atoms with Crippen molar-refractivity contribution in [1.29, 1.82) is 0 Å². The van der Waals surface area contributed by atoms with E-state index < -0.39 is 6.16 Å².